The normalized spacial score (nSPS) is 8.62. The summed E-state index contributed by atoms with van der Waals surface area (Å²) in [7, 11) is 1.69. The lowest BCUT2D eigenvalue weighted by atomic mass is 10.3. The summed E-state index contributed by atoms with van der Waals surface area (Å²) in [5, 5.41) is 0. The molecule has 0 bridgehead atoms. The fourth-order valence-corrected chi connectivity index (χ4v) is 1.57. The number of methoxy groups -OCH3 is 1. The van der Waals surface area contributed by atoms with Crippen LogP contribution < -0.4 is 4.74 Å². The molecular formula is C11H18OS. The van der Waals surface area contributed by atoms with E-state index in [0.717, 1.165) is 11.5 Å². The lowest BCUT2D eigenvalue weighted by molar-refractivity contribution is 0.413. The van der Waals surface area contributed by atoms with E-state index in [4.69, 9.17) is 4.74 Å². The van der Waals surface area contributed by atoms with Crippen LogP contribution >= 0.6 is 11.8 Å². The van der Waals surface area contributed by atoms with Crippen LogP contribution in [0.4, 0.5) is 0 Å². The molecule has 0 amide bonds. The first-order chi connectivity index (χ1) is 6.36. The Morgan fingerprint density at radius 2 is 2.00 bits per heavy atom. The van der Waals surface area contributed by atoms with Gasteiger partial charge >= 0.3 is 0 Å². The van der Waals surface area contributed by atoms with Gasteiger partial charge in [0.05, 0.1) is 7.11 Å². The van der Waals surface area contributed by atoms with Crippen LogP contribution in [0.15, 0.2) is 29.2 Å². The standard InChI is InChI=1S/C9H12OS.C2H6/c1-3-11-9-6-4-5-8(7-9)10-2;1-2/h4-7H,3H2,1-2H3;1-2H3. The van der Waals surface area contributed by atoms with Gasteiger partial charge in [-0.3, -0.25) is 0 Å². The molecule has 0 atom stereocenters. The summed E-state index contributed by atoms with van der Waals surface area (Å²) in [5.74, 6) is 2.04. The molecule has 0 aliphatic rings. The van der Waals surface area contributed by atoms with Crippen molar-refractivity contribution in [3.8, 4) is 5.75 Å². The van der Waals surface area contributed by atoms with Crippen LogP contribution in [-0.2, 0) is 0 Å². The molecule has 0 saturated carbocycles. The van der Waals surface area contributed by atoms with Crippen molar-refractivity contribution in [2.45, 2.75) is 25.7 Å². The second-order valence-corrected chi connectivity index (χ2v) is 3.45. The van der Waals surface area contributed by atoms with Crippen molar-refractivity contribution in [1.82, 2.24) is 0 Å². The third kappa shape index (κ3) is 4.83. The van der Waals surface area contributed by atoms with Crippen LogP contribution in [-0.4, -0.2) is 12.9 Å². The molecule has 0 radical (unpaired) electrons. The Hall–Kier alpha value is -0.630. The highest BCUT2D eigenvalue weighted by Gasteiger charge is 1.93. The van der Waals surface area contributed by atoms with E-state index in [1.807, 2.05) is 43.8 Å². The van der Waals surface area contributed by atoms with Crippen LogP contribution in [0.2, 0.25) is 0 Å². The fraction of sp³-hybridized carbons (Fsp3) is 0.455. The Kier molecular flexibility index (Phi) is 7.60. The van der Waals surface area contributed by atoms with Gasteiger partial charge in [0.1, 0.15) is 5.75 Å². The maximum Gasteiger partial charge on any atom is 0.119 e. The van der Waals surface area contributed by atoms with E-state index in [-0.39, 0.29) is 0 Å². The van der Waals surface area contributed by atoms with E-state index in [1.165, 1.54) is 4.90 Å². The minimum absolute atomic E-state index is 0.934. The summed E-state index contributed by atoms with van der Waals surface area (Å²) in [6.45, 7) is 6.14. The van der Waals surface area contributed by atoms with Crippen molar-refractivity contribution < 1.29 is 4.74 Å². The highest BCUT2D eigenvalue weighted by molar-refractivity contribution is 7.99. The zero-order chi connectivity index (χ0) is 10.1. The third-order valence-corrected chi connectivity index (χ3v) is 2.23. The Morgan fingerprint density at radius 3 is 2.54 bits per heavy atom. The van der Waals surface area contributed by atoms with Crippen molar-refractivity contribution in [1.29, 1.82) is 0 Å². The van der Waals surface area contributed by atoms with Gasteiger partial charge in [-0.1, -0.05) is 26.8 Å². The van der Waals surface area contributed by atoms with Crippen molar-refractivity contribution in [3.63, 3.8) is 0 Å². The first kappa shape index (κ1) is 12.4. The minimum atomic E-state index is 0.934. The summed E-state index contributed by atoms with van der Waals surface area (Å²) in [5.41, 5.74) is 0. The van der Waals surface area contributed by atoms with Gasteiger partial charge in [-0.2, -0.15) is 0 Å². The van der Waals surface area contributed by atoms with Gasteiger partial charge in [-0.05, 0) is 24.0 Å². The molecule has 0 spiro atoms. The Labute approximate surface area is 85.5 Å². The molecule has 1 aromatic rings. The molecule has 0 aliphatic carbocycles. The van der Waals surface area contributed by atoms with Crippen molar-refractivity contribution >= 4 is 11.8 Å². The molecule has 0 unspecified atom stereocenters. The first-order valence-electron chi connectivity index (χ1n) is 4.63. The maximum atomic E-state index is 5.09. The molecule has 1 nitrogen and oxygen atoms in total. The van der Waals surface area contributed by atoms with Crippen LogP contribution in [0.5, 0.6) is 5.75 Å². The van der Waals surface area contributed by atoms with E-state index in [0.29, 0.717) is 0 Å². The molecule has 0 saturated heterocycles. The molecule has 0 fully saturated rings. The van der Waals surface area contributed by atoms with E-state index in [2.05, 4.69) is 13.0 Å². The fourth-order valence-electron chi connectivity index (χ4n) is 0.858. The maximum absolute atomic E-state index is 5.09. The van der Waals surface area contributed by atoms with Gasteiger partial charge < -0.3 is 4.74 Å². The molecule has 0 N–H and O–H groups in total. The quantitative estimate of drug-likeness (QED) is 0.683. The molecule has 0 aliphatic heterocycles. The zero-order valence-corrected chi connectivity index (χ0v) is 9.65. The molecular weight excluding hydrogens is 180 g/mol. The number of hydrogen-bond acceptors (Lipinski definition) is 2. The molecule has 1 aromatic carbocycles. The molecule has 0 aromatic heterocycles. The molecule has 0 heterocycles. The monoisotopic (exact) mass is 198 g/mol. The van der Waals surface area contributed by atoms with Crippen LogP contribution in [0.1, 0.15) is 20.8 Å². The highest BCUT2D eigenvalue weighted by Crippen LogP contribution is 2.21. The smallest absolute Gasteiger partial charge is 0.119 e. The molecule has 1 rings (SSSR count). The Balaban J connectivity index is 0.000000671. The summed E-state index contributed by atoms with van der Waals surface area (Å²) >= 11 is 1.82. The highest BCUT2D eigenvalue weighted by atomic mass is 32.2. The van der Waals surface area contributed by atoms with Gasteiger partial charge in [-0.25, -0.2) is 0 Å². The summed E-state index contributed by atoms with van der Waals surface area (Å²) in [6.07, 6.45) is 0. The van der Waals surface area contributed by atoms with E-state index >= 15 is 0 Å². The predicted octanol–water partition coefficient (Wildman–Crippen LogP) is 3.83. The van der Waals surface area contributed by atoms with Gasteiger partial charge in [0.25, 0.3) is 0 Å². The average Bonchev–Trinajstić information content (AvgIpc) is 2.22. The van der Waals surface area contributed by atoms with Crippen molar-refractivity contribution in [3.05, 3.63) is 24.3 Å². The number of ether oxygens (including phenoxy) is 1. The van der Waals surface area contributed by atoms with E-state index in [9.17, 15) is 0 Å². The second kappa shape index (κ2) is 7.99. The second-order valence-electron chi connectivity index (χ2n) is 2.11. The third-order valence-electron chi connectivity index (χ3n) is 1.35. The molecule has 2 heteroatoms. The summed E-state index contributed by atoms with van der Waals surface area (Å²) < 4.78 is 5.09. The Bertz CT molecular complexity index is 223. The van der Waals surface area contributed by atoms with Gasteiger partial charge in [0.2, 0.25) is 0 Å². The summed E-state index contributed by atoms with van der Waals surface area (Å²) in [4.78, 5) is 1.27. The first-order valence-corrected chi connectivity index (χ1v) is 5.62. The molecule has 74 valence electrons. The topological polar surface area (TPSA) is 9.23 Å². The van der Waals surface area contributed by atoms with Crippen LogP contribution in [0.3, 0.4) is 0 Å². The predicted molar refractivity (Wildman–Crippen MR) is 60.7 cm³/mol. The number of benzene rings is 1. The summed E-state index contributed by atoms with van der Waals surface area (Å²) in [6, 6.07) is 8.11. The minimum Gasteiger partial charge on any atom is -0.497 e. The van der Waals surface area contributed by atoms with Gasteiger partial charge in [-0.15, -0.1) is 11.8 Å². The largest absolute Gasteiger partial charge is 0.497 e. The molecule has 13 heavy (non-hydrogen) atoms. The SMILES string of the molecule is CC.CCSc1cccc(OC)c1. The lowest BCUT2D eigenvalue weighted by Gasteiger charge is -2.01. The number of hydrogen-bond donors (Lipinski definition) is 0. The van der Waals surface area contributed by atoms with Crippen molar-refractivity contribution in [2.75, 3.05) is 12.9 Å². The number of thioether (sulfide) groups is 1. The van der Waals surface area contributed by atoms with Crippen molar-refractivity contribution in [2.24, 2.45) is 0 Å². The van der Waals surface area contributed by atoms with E-state index in [1.54, 1.807) is 7.11 Å². The van der Waals surface area contributed by atoms with Crippen LogP contribution in [0, 0.1) is 0 Å². The van der Waals surface area contributed by atoms with E-state index < -0.39 is 0 Å². The average molecular weight is 198 g/mol. The van der Waals surface area contributed by atoms with Gasteiger partial charge in [0.15, 0.2) is 0 Å². The Morgan fingerprint density at radius 1 is 1.31 bits per heavy atom. The lowest BCUT2D eigenvalue weighted by Crippen LogP contribution is -1.81. The zero-order valence-electron chi connectivity index (χ0n) is 8.83. The van der Waals surface area contributed by atoms with Gasteiger partial charge in [0, 0.05) is 4.90 Å². The van der Waals surface area contributed by atoms with Crippen LogP contribution in [0.25, 0.3) is 0 Å². The number of rotatable bonds is 3.